The van der Waals surface area contributed by atoms with E-state index in [4.69, 9.17) is 17.0 Å². The van der Waals surface area contributed by atoms with E-state index in [0.717, 1.165) is 5.56 Å². The van der Waals surface area contributed by atoms with Gasteiger partial charge in [-0.1, -0.05) is 36.3 Å². The van der Waals surface area contributed by atoms with Crippen molar-refractivity contribution in [2.24, 2.45) is 5.73 Å². The van der Waals surface area contributed by atoms with Gasteiger partial charge < -0.3 is 10.6 Å². The van der Waals surface area contributed by atoms with E-state index < -0.39 is 6.09 Å². The van der Waals surface area contributed by atoms with Crippen LogP contribution in [0.2, 0.25) is 0 Å². The van der Waals surface area contributed by atoms with Gasteiger partial charge in [0.05, 0.1) is 12.6 Å². The van der Waals surface area contributed by atoms with E-state index >= 15 is 0 Å². The van der Waals surface area contributed by atoms with Crippen LogP contribution in [0.15, 0.2) is 30.3 Å². The minimum atomic E-state index is -0.863. The molecule has 0 spiro atoms. The zero-order valence-electron chi connectivity index (χ0n) is 9.09. The molecule has 1 amide bonds. The molecule has 0 aliphatic heterocycles. The Balaban J connectivity index is 2.79. The van der Waals surface area contributed by atoms with E-state index in [9.17, 15) is 4.79 Å². The lowest BCUT2D eigenvalue weighted by atomic mass is 10.1. The van der Waals surface area contributed by atoms with Gasteiger partial charge in [0.1, 0.15) is 0 Å². The summed E-state index contributed by atoms with van der Waals surface area (Å²) in [5, 5.41) is 1.37. The Morgan fingerprint density at radius 3 is 2.69 bits per heavy atom. The number of amides is 1. The monoisotopic (exact) mass is 218 g/mol. The fraction of sp³-hybridized carbons (Fsp3) is 0.250. The second-order valence-electron chi connectivity index (χ2n) is 3.28. The van der Waals surface area contributed by atoms with Gasteiger partial charge in [0.2, 0.25) is 0 Å². The van der Waals surface area contributed by atoms with Gasteiger partial charge in [-0.15, -0.1) is 11.5 Å². The van der Waals surface area contributed by atoms with Crippen LogP contribution < -0.4 is 5.73 Å². The van der Waals surface area contributed by atoms with Gasteiger partial charge in [0.15, 0.2) is 0 Å². The number of hydrogen-bond donors (Lipinski definition) is 1. The molecule has 1 aromatic carbocycles. The topological polar surface area (TPSA) is 55.6 Å². The number of hydroxylamine groups is 2. The Hall–Kier alpha value is -1.99. The van der Waals surface area contributed by atoms with Crippen molar-refractivity contribution in [3.05, 3.63) is 35.9 Å². The minimum Gasteiger partial charge on any atom is -0.350 e. The molecule has 0 aliphatic carbocycles. The third-order valence-corrected chi connectivity index (χ3v) is 2.17. The number of rotatable bonds is 4. The molecule has 0 bridgehead atoms. The van der Waals surface area contributed by atoms with Crippen molar-refractivity contribution in [2.75, 3.05) is 6.54 Å². The molecule has 0 saturated carbocycles. The molecule has 1 rings (SSSR count). The zero-order chi connectivity index (χ0) is 12.0. The van der Waals surface area contributed by atoms with Crippen LogP contribution in [0.25, 0.3) is 0 Å². The molecule has 1 atom stereocenters. The van der Waals surface area contributed by atoms with Crippen molar-refractivity contribution in [2.45, 2.75) is 13.0 Å². The highest BCUT2D eigenvalue weighted by molar-refractivity contribution is 5.64. The van der Waals surface area contributed by atoms with Crippen LogP contribution in [0.1, 0.15) is 18.5 Å². The lowest BCUT2D eigenvalue weighted by molar-refractivity contribution is -0.115. The molecule has 0 fully saturated rings. The highest BCUT2D eigenvalue weighted by atomic mass is 16.7. The maximum Gasteiger partial charge on any atom is 0.423 e. The van der Waals surface area contributed by atoms with Crippen LogP contribution in [0, 0.1) is 12.3 Å². The van der Waals surface area contributed by atoms with Crippen molar-refractivity contribution in [1.29, 1.82) is 0 Å². The highest BCUT2D eigenvalue weighted by Crippen LogP contribution is 2.19. The maximum atomic E-state index is 10.7. The summed E-state index contributed by atoms with van der Waals surface area (Å²) >= 11 is 0. The predicted octanol–water partition coefficient (Wildman–Crippen LogP) is 1.69. The molecule has 0 aliphatic rings. The van der Waals surface area contributed by atoms with Crippen LogP contribution in [-0.2, 0) is 4.84 Å². The van der Waals surface area contributed by atoms with Gasteiger partial charge in [-0.25, -0.2) is 4.79 Å². The summed E-state index contributed by atoms with van der Waals surface area (Å²) in [6.45, 7) is 2.08. The zero-order valence-corrected chi connectivity index (χ0v) is 9.09. The number of hydrogen-bond acceptors (Lipinski definition) is 3. The number of carbonyl (C=O) groups is 1. The van der Waals surface area contributed by atoms with Crippen LogP contribution in [-0.4, -0.2) is 17.7 Å². The number of nitrogens with two attached hydrogens (primary N) is 1. The summed E-state index contributed by atoms with van der Waals surface area (Å²) in [6, 6.07) is 9.45. The first kappa shape index (κ1) is 12.1. The largest absolute Gasteiger partial charge is 0.423 e. The van der Waals surface area contributed by atoms with E-state index in [1.807, 2.05) is 37.3 Å². The Bertz CT molecular complexity index is 384. The van der Waals surface area contributed by atoms with Gasteiger partial charge >= 0.3 is 6.09 Å². The first-order valence-corrected chi connectivity index (χ1v) is 4.87. The van der Waals surface area contributed by atoms with Gasteiger partial charge in [0.25, 0.3) is 0 Å². The summed E-state index contributed by atoms with van der Waals surface area (Å²) < 4.78 is 0. The predicted molar refractivity (Wildman–Crippen MR) is 61.1 cm³/mol. The fourth-order valence-corrected chi connectivity index (χ4v) is 1.35. The Labute approximate surface area is 94.9 Å². The molecule has 0 heterocycles. The quantitative estimate of drug-likeness (QED) is 0.618. The van der Waals surface area contributed by atoms with Crippen LogP contribution in [0.3, 0.4) is 0 Å². The van der Waals surface area contributed by atoms with Crippen molar-refractivity contribution in [3.63, 3.8) is 0 Å². The third-order valence-electron chi connectivity index (χ3n) is 2.17. The van der Waals surface area contributed by atoms with Crippen LogP contribution in [0.4, 0.5) is 4.79 Å². The van der Waals surface area contributed by atoms with Crippen molar-refractivity contribution in [1.82, 2.24) is 5.06 Å². The van der Waals surface area contributed by atoms with E-state index in [0.29, 0.717) is 0 Å². The van der Waals surface area contributed by atoms with Gasteiger partial charge in [-0.2, -0.15) is 0 Å². The van der Waals surface area contributed by atoms with E-state index in [1.54, 1.807) is 0 Å². The van der Waals surface area contributed by atoms with E-state index in [-0.39, 0.29) is 12.6 Å². The molecule has 0 saturated heterocycles. The molecule has 0 aromatic heterocycles. The molecule has 4 heteroatoms. The first-order chi connectivity index (χ1) is 7.65. The molecule has 16 heavy (non-hydrogen) atoms. The Kier molecular flexibility index (Phi) is 4.37. The maximum absolute atomic E-state index is 10.7. The molecule has 4 nitrogen and oxygen atoms in total. The molecule has 84 valence electrons. The third kappa shape index (κ3) is 3.30. The SMILES string of the molecule is C#CCN(OC(N)=O)C(C)c1ccccc1. The number of nitrogens with zero attached hydrogens (tertiary/aromatic N) is 1. The Morgan fingerprint density at radius 1 is 1.56 bits per heavy atom. The standard InChI is InChI=1S/C12H14N2O2/c1-3-9-14(16-12(13)15)10(2)11-7-5-4-6-8-11/h1,4-8,10H,9H2,2H3,(H2,13,15). The first-order valence-electron chi connectivity index (χ1n) is 4.87. The van der Waals surface area contributed by atoms with Gasteiger partial charge in [-0.05, 0) is 12.5 Å². The van der Waals surface area contributed by atoms with Gasteiger partial charge in [-0.3, -0.25) is 0 Å². The number of terminal acetylenes is 1. The second-order valence-corrected chi connectivity index (χ2v) is 3.28. The summed E-state index contributed by atoms with van der Waals surface area (Å²) in [6.07, 6.45) is 4.33. The normalized spacial score (nSPS) is 11.8. The lowest BCUT2D eigenvalue weighted by Gasteiger charge is -2.24. The summed E-state index contributed by atoms with van der Waals surface area (Å²) in [5.41, 5.74) is 5.97. The molecule has 1 unspecified atom stereocenters. The fourth-order valence-electron chi connectivity index (χ4n) is 1.35. The van der Waals surface area contributed by atoms with Crippen LogP contribution in [0.5, 0.6) is 0 Å². The number of carbonyl (C=O) groups excluding carboxylic acids is 1. The van der Waals surface area contributed by atoms with Crippen LogP contribution >= 0.6 is 0 Å². The number of benzene rings is 1. The number of primary amides is 1. The smallest absolute Gasteiger partial charge is 0.350 e. The van der Waals surface area contributed by atoms with E-state index in [2.05, 4.69) is 5.92 Å². The molecule has 0 radical (unpaired) electrons. The molecule has 1 aromatic rings. The second kappa shape index (κ2) is 5.79. The van der Waals surface area contributed by atoms with Crippen molar-refractivity contribution < 1.29 is 9.63 Å². The summed E-state index contributed by atoms with van der Waals surface area (Å²) in [7, 11) is 0. The molecular formula is C12H14N2O2. The van der Waals surface area contributed by atoms with E-state index in [1.165, 1.54) is 5.06 Å². The summed E-state index contributed by atoms with van der Waals surface area (Å²) in [4.78, 5) is 15.5. The summed E-state index contributed by atoms with van der Waals surface area (Å²) in [5.74, 6) is 2.42. The highest BCUT2D eigenvalue weighted by Gasteiger charge is 2.17. The van der Waals surface area contributed by atoms with Crippen molar-refractivity contribution >= 4 is 6.09 Å². The lowest BCUT2D eigenvalue weighted by Crippen LogP contribution is -2.33. The average molecular weight is 218 g/mol. The minimum absolute atomic E-state index is 0.134. The molecular weight excluding hydrogens is 204 g/mol. The Morgan fingerprint density at radius 2 is 2.19 bits per heavy atom. The molecule has 2 N–H and O–H groups in total. The van der Waals surface area contributed by atoms with Crippen molar-refractivity contribution in [3.8, 4) is 12.3 Å². The van der Waals surface area contributed by atoms with Gasteiger partial charge in [0, 0.05) is 0 Å². The average Bonchev–Trinajstić information content (AvgIpc) is 2.28.